The van der Waals surface area contributed by atoms with Gasteiger partial charge in [0.15, 0.2) is 11.6 Å². The summed E-state index contributed by atoms with van der Waals surface area (Å²) in [6, 6.07) is 6.61. The molecule has 3 aromatic rings. The lowest BCUT2D eigenvalue weighted by Crippen LogP contribution is -2.30. The molecule has 12 heteroatoms. The Labute approximate surface area is 169 Å². The van der Waals surface area contributed by atoms with E-state index in [-0.39, 0.29) is 42.8 Å². The number of rotatable bonds is 7. The van der Waals surface area contributed by atoms with Gasteiger partial charge in [0.1, 0.15) is 0 Å². The van der Waals surface area contributed by atoms with Crippen molar-refractivity contribution in [2.24, 2.45) is 5.73 Å². The van der Waals surface area contributed by atoms with E-state index in [9.17, 15) is 9.18 Å². The van der Waals surface area contributed by atoms with Crippen molar-refractivity contribution in [3.8, 4) is 23.0 Å². The van der Waals surface area contributed by atoms with Crippen LogP contribution in [0.3, 0.4) is 0 Å². The van der Waals surface area contributed by atoms with E-state index in [0.717, 1.165) is 0 Å². The van der Waals surface area contributed by atoms with Gasteiger partial charge in [-0.15, -0.1) is 22.6 Å². The molecule has 0 fully saturated rings. The van der Waals surface area contributed by atoms with E-state index >= 15 is 0 Å². The van der Waals surface area contributed by atoms with Crippen molar-refractivity contribution in [2.75, 3.05) is 0 Å². The number of hydrogen-bond donors (Lipinski definition) is 2. The summed E-state index contributed by atoms with van der Waals surface area (Å²) in [5, 5.41) is 20.9. The van der Waals surface area contributed by atoms with Crippen LogP contribution in [-0.4, -0.2) is 42.3 Å². The summed E-state index contributed by atoms with van der Waals surface area (Å²) in [7, 11) is 0. The molecule has 0 spiro atoms. The third-order valence-corrected chi connectivity index (χ3v) is 3.62. The van der Waals surface area contributed by atoms with Gasteiger partial charge in [-0.2, -0.15) is 4.80 Å². The Morgan fingerprint density at radius 1 is 1.36 bits per heavy atom. The van der Waals surface area contributed by atoms with Crippen LogP contribution in [0.4, 0.5) is 4.39 Å². The monoisotopic (exact) mass is 428 g/mol. The Morgan fingerprint density at radius 3 is 2.79 bits per heavy atom. The SMILES string of the molecule is Cl.N[C@@H](CC(=O)O)Cn1nnc(-c2ccc(Oc3ccc(Cl)cn3)c(F)c2)n1. The average Bonchev–Trinajstić information content (AvgIpc) is 3.06. The van der Waals surface area contributed by atoms with Gasteiger partial charge in [-0.05, 0) is 29.5 Å². The van der Waals surface area contributed by atoms with E-state index in [1.165, 1.54) is 29.2 Å². The zero-order valence-corrected chi connectivity index (χ0v) is 15.8. The number of pyridine rings is 1. The van der Waals surface area contributed by atoms with E-state index in [0.29, 0.717) is 10.6 Å². The Hall–Kier alpha value is -2.82. The highest BCUT2D eigenvalue weighted by atomic mass is 35.5. The largest absolute Gasteiger partial charge is 0.481 e. The molecule has 2 aromatic heterocycles. The molecule has 0 aliphatic carbocycles. The van der Waals surface area contributed by atoms with E-state index in [2.05, 4.69) is 20.4 Å². The number of aromatic nitrogens is 5. The first-order chi connectivity index (χ1) is 12.9. The lowest BCUT2D eigenvalue weighted by atomic mass is 10.2. The van der Waals surface area contributed by atoms with Crippen LogP contribution in [0.15, 0.2) is 36.5 Å². The second-order valence-electron chi connectivity index (χ2n) is 5.59. The quantitative estimate of drug-likeness (QED) is 0.586. The van der Waals surface area contributed by atoms with E-state index in [4.69, 9.17) is 27.2 Å². The van der Waals surface area contributed by atoms with E-state index < -0.39 is 17.8 Å². The first kappa shape index (κ1) is 21.5. The minimum Gasteiger partial charge on any atom is -0.481 e. The highest BCUT2D eigenvalue weighted by molar-refractivity contribution is 6.30. The average molecular weight is 429 g/mol. The van der Waals surface area contributed by atoms with Crippen molar-refractivity contribution in [3.63, 3.8) is 0 Å². The predicted molar refractivity (Wildman–Crippen MR) is 100 cm³/mol. The van der Waals surface area contributed by atoms with Crippen LogP contribution in [0, 0.1) is 5.82 Å². The summed E-state index contributed by atoms with van der Waals surface area (Å²) in [5.74, 6) is -1.31. The summed E-state index contributed by atoms with van der Waals surface area (Å²) in [6.45, 7) is 0.0746. The van der Waals surface area contributed by atoms with Gasteiger partial charge in [-0.3, -0.25) is 4.79 Å². The molecular formula is C16H15Cl2FN6O3. The third kappa shape index (κ3) is 5.59. The fourth-order valence-corrected chi connectivity index (χ4v) is 2.30. The number of tetrazole rings is 1. The Kier molecular flexibility index (Phi) is 7.21. The maximum Gasteiger partial charge on any atom is 0.304 e. The Bertz CT molecular complexity index is 954. The number of carboxylic acids is 1. The van der Waals surface area contributed by atoms with Crippen LogP contribution >= 0.6 is 24.0 Å². The van der Waals surface area contributed by atoms with Crippen molar-refractivity contribution >= 4 is 30.0 Å². The maximum atomic E-state index is 14.3. The number of nitrogens with zero attached hydrogens (tertiary/aromatic N) is 5. The molecule has 0 unspecified atom stereocenters. The number of ether oxygens (including phenoxy) is 1. The molecule has 1 aromatic carbocycles. The fourth-order valence-electron chi connectivity index (χ4n) is 2.19. The van der Waals surface area contributed by atoms with Crippen LogP contribution in [-0.2, 0) is 11.3 Å². The Balaban J connectivity index is 0.00000280. The van der Waals surface area contributed by atoms with Crippen LogP contribution in [0.2, 0.25) is 5.02 Å². The van der Waals surface area contributed by atoms with Gasteiger partial charge in [-0.25, -0.2) is 9.37 Å². The summed E-state index contributed by atoms with van der Waals surface area (Å²) in [5.41, 5.74) is 6.06. The fraction of sp³-hybridized carbons (Fsp3) is 0.188. The summed E-state index contributed by atoms with van der Waals surface area (Å²) in [4.78, 5) is 15.7. The molecule has 1 atom stereocenters. The molecular weight excluding hydrogens is 414 g/mol. The second kappa shape index (κ2) is 9.40. The number of carbonyl (C=O) groups is 1. The number of carboxylic acid groups (broad SMARTS) is 1. The number of aliphatic carboxylic acids is 1. The minimum atomic E-state index is -1.02. The standard InChI is InChI=1S/C16H14ClFN6O3.ClH/c17-10-2-4-14(20-7-10)27-13-3-1-9(5-12(13)18)16-21-23-24(22-16)8-11(19)6-15(25)26;/h1-5,7,11H,6,8,19H2,(H,25,26);1H/t11-;/m0./s1. The first-order valence-corrected chi connectivity index (χ1v) is 8.13. The molecule has 0 saturated heterocycles. The molecule has 0 aliphatic heterocycles. The molecule has 0 amide bonds. The van der Waals surface area contributed by atoms with Crippen LogP contribution in [0.5, 0.6) is 11.6 Å². The summed E-state index contributed by atoms with van der Waals surface area (Å²) < 4.78 is 19.7. The predicted octanol–water partition coefficient (Wildman–Crippen LogP) is 2.54. The maximum absolute atomic E-state index is 14.3. The van der Waals surface area contributed by atoms with Gasteiger partial charge in [0.05, 0.1) is 18.0 Å². The number of nitrogens with two attached hydrogens (primary N) is 1. The lowest BCUT2D eigenvalue weighted by molar-refractivity contribution is -0.137. The highest BCUT2D eigenvalue weighted by Gasteiger charge is 2.14. The molecule has 0 saturated carbocycles. The van der Waals surface area contributed by atoms with Crippen molar-refractivity contribution in [2.45, 2.75) is 19.0 Å². The molecule has 28 heavy (non-hydrogen) atoms. The molecule has 0 bridgehead atoms. The molecule has 9 nitrogen and oxygen atoms in total. The molecule has 2 heterocycles. The molecule has 3 rings (SSSR count). The van der Waals surface area contributed by atoms with Crippen molar-refractivity contribution in [1.82, 2.24) is 25.2 Å². The number of hydrogen-bond acceptors (Lipinski definition) is 7. The first-order valence-electron chi connectivity index (χ1n) is 7.75. The van der Waals surface area contributed by atoms with Crippen molar-refractivity contribution < 1.29 is 19.0 Å². The molecule has 0 radical (unpaired) electrons. The van der Waals surface area contributed by atoms with Crippen molar-refractivity contribution in [3.05, 3.63) is 47.4 Å². The highest BCUT2D eigenvalue weighted by Crippen LogP contribution is 2.27. The van der Waals surface area contributed by atoms with Gasteiger partial charge in [0.2, 0.25) is 11.7 Å². The topological polar surface area (TPSA) is 129 Å². The van der Waals surface area contributed by atoms with Gasteiger partial charge < -0.3 is 15.6 Å². The minimum absolute atomic E-state index is 0. The second-order valence-corrected chi connectivity index (χ2v) is 6.02. The molecule has 0 aliphatic rings. The molecule has 3 N–H and O–H groups in total. The zero-order chi connectivity index (χ0) is 19.4. The van der Waals surface area contributed by atoms with Gasteiger partial charge >= 0.3 is 5.97 Å². The van der Waals surface area contributed by atoms with Crippen LogP contribution in [0.1, 0.15) is 6.42 Å². The normalized spacial score (nSPS) is 11.5. The third-order valence-electron chi connectivity index (χ3n) is 3.39. The van der Waals surface area contributed by atoms with Crippen molar-refractivity contribution in [1.29, 1.82) is 0 Å². The molecule has 148 valence electrons. The zero-order valence-electron chi connectivity index (χ0n) is 14.2. The smallest absolute Gasteiger partial charge is 0.304 e. The van der Waals surface area contributed by atoms with Gasteiger partial charge in [-0.1, -0.05) is 11.6 Å². The lowest BCUT2D eigenvalue weighted by Gasteiger charge is -2.07. The van der Waals surface area contributed by atoms with Gasteiger partial charge in [0.25, 0.3) is 0 Å². The van der Waals surface area contributed by atoms with E-state index in [1.54, 1.807) is 12.1 Å². The van der Waals surface area contributed by atoms with E-state index in [1.807, 2.05) is 0 Å². The summed E-state index contributed by atoms with van der Waals surface area (Å²) in [6.07, 6.45) is 1.16. The Morgan fingerprint density at radius 2 is 2.14 bits per heavy atom. The van der Waals surface area contributed by atoms with Crippen LogP contribution in [0.25, 0.3) is 11.4 Å². The van der Waals surface area contributed by atoms with Gasteiger partial charge in [0, 0.05) is 23.9 Å². The van der Waals surface area contributed by atoms with Crippen LogP contribution < -0.4 is 10.5 Å². The summed E-state index contributed by atoms with van der Waals surface area (Å²) >= 11 is 5.74. The number of benzene rings is 1. The number of halogens is 3.